The highest BCUT2D eigenvalue weighted by Crippen LogP contribution is 2.33. The molecule has 1 aliphatic heterocycles. The molecule has 9 heteroatoms. The number of carbonyl (C=O) groups excluding carboxylic acids is 2. The van der Waals surface area contributed by atoms with Crippen molar-refractivity contribution in [2.24, 2.45) is 4.99 Å². The molecule has 4 rings (SSSR count). The highest BCUT2D eigenvalue weighted by Gasteiger charge is 2.25. The van der Waals surface area contributed by atoms with Gasteiger partial charge in [-0.15, -0.1) is 0 Å². The van der Waals surface area contributed by atoms with E-state index in [1.165, 1.54) is 18.9 Å². The van der Waals surface area contributed by atoms with Crippen LogP contribution >= 0.6 is 23.4 Å². The molecule has 3 aromatic rings. The molecule has 1 fully saturated rings. The Morgan fingerprint density at radius 1 is 1.06 bits per heavy atom. The number of amides is 1. The predicted octanol–water partition coefficient (Wildman–Crippen LogP) is 6.00. The number of rotatable bonds is 8. The number of para-hydroxylation sites is 1. The van der Waals surface area contributed by atoms with Gasteiger partial charge in [-0.1, -0.05) is 48.0 Å². The van der Waals surface area contributed by atoms with E-state index >= 15 is 0 Å². The fourth-order valence-corrected chi connectivity index (χ4v) is 4.39. The van der Waals surface area contributed by atoms with Crippen LogP contribution < -0.4 is 14.8 Å². The molecule has 0 aliphatic carbocycles. The first-order valence-electron chi connectivity index (χ1n) is 11.1. The number of benzene rings is 3. The second kappa shape index (κ2) is 11.8. The van der Waals surface area contributed by atoms with E-state index < -0.39 is 5.97 Å². The Bertz CT molecular complexity index is 1360. The standard InChI is InChI=1S/C27H23ClN2O5S/c1-3-34-23-14-17(12-13-22(23)35-16-18-8-4-6-10-20(18)28)15-24-25(31)30-27(36-24)29-21-11-7-5-9-19(21)26(32)33-2/h4-15H,3,16H2,1-2H3,(H,29,30,31)/b24-15-. The molecule has 3 aromatic carbocycles. The number of hydrogen-bond donors (Lipinski definition) is 1. The summed E-state index contributed by atoms with van der Waals surface area (Å²) in [7, 11) is 1.31. The number of methoxy groups -OCH3 is 1. The van der Waals surface area contributed by atoms with E-state index in [1.54, 1.807) is 36.4 Å². The lowest BCUT2D eigenvalue weighted by atomic mass is 10.2. The van der Waals surface area contributed by atoms with Gasteiger partial charge in [0.1, 0.15) is 6.61 Å². The maximum atomic E-state index is 12.6. The maximum absolute atomic E-state index is 12.6. The van der Waals surface area contributed by atoms with Crippen LogP contribution in [0.4, 0.5) is 5.69 Å². The van der Waals surface area contributed by atoms with Crippen LogP contribution in [0, 0.1) is 0 Å². The summed E-state index contributed by atoms with van der Waals surface area (Å²) in [6.45, 7) is 2.64. The molecule has 184 valence electrons. The zero-order chi connectivity index (χ0) is 25.5. The molecule has 1 saturated heterocycles. The van der Waals surface area contributed by atoms with Gasteiger partial charge in [-0.25, -0.2) is 9.79 Å². The molecule has 1 aliphatic rings. The maximum Gasteiger partial charge on any atom is 0.340 e. The molecule has 0 atom stereocenters. The summed E-state index contributed by atoms with van der Waals surface area (Å²) in [6, 6.07) is 19.7. The van der Waals surface area contributed by atoms with Gasteiger partial charge in [-0.05, 0) is 60.7 Å². The molecule has 0 radical (unpaired) electrons. The number of nitrogens with one attached hydrogen (secondary N) is 1. The predicted molar refractivity (Wildman–Crippen MR) is 142 cm³/mol. The first-order chi connectivity index (χ1) is 17.5. The lowest BCUT2D eigenvalue weighted by Crippen LogP contribution is -2.19. The van der Waals surface area contributed by atoms with Gasteiger partial charge < -0.3 is 19.5 Å². The summed E-state index contributed by atoms with van der Waals surface area (Å²) in [4.78, 5) is 29.5. The molecule has 0 unspecified atom stereocenters. The zero-order valence-electron chi connectivity index (χ0n) is 19.6. The number of ether oxygens (including phenoxy) is 3. The Morgan fingerprint density at radius 2 is 1.83 bits per heavy atom. The van der Waals surface area contributed by atoms with Gasteiger partial charge in [0, 0.05) is 10.6 Å². The van der Waals surface area contributed by atoms with Crippen molar-refractivity contribution in [2.75, 3.05) is 13.7 Å². The van der Waals surface area contributed by atoms with E-state index in [1.807, 2.05) is 43.3 Å². The van der Waals surface area contributed by atoms with E-state index in [-0.39, 0.29) is 5.91 Å². The fourth-order valence-electron chi connectivity index (χ4n) is 3.37. The minimum absolute atomic E-state index is 0.286. The fraction of sp³-hybridized carbons (Fsp3) is 0.148. The molecule has 0 saturated carbocycles. The van der Waals surface area contributed by atoms with Crippen LogP contribution in [0.2, 0.25) is 5.02 Å². The van der Waals surface area contributed by atoms with Crippen LogP contribution in [-0.2, 0) is 16.1 Å². The van der Waals surface area contributed by atoms with Crippen molar-refractivity contribution in [1.82, 2.24) is 5.32 Å². The molecule has 0 bridgehead atoms. The molecule has 7 nitrogen and oxygen atoms in total. The first kappa shape index (κ1) is 25.3. The number of aliphatic imine (C=N–C) groups is 1. The molecule has 1 heterocycles. The monoisotopic (exact) mass is 522 g/mol. The van der Waals surface area contributed by atoms with E-state index in [4.69, 9.17) is 25.8 Å². The number of thioether (sulfide) groups is 1. The lowest BCUT2D eigenvalue weighted by molar-refractivity contribution is -0.115. The van der Waals surface area contributed by atoms with Crippen molar-refractivity contribution in [1.29, 1.82) is 0 Å². The third-order valence-corrected chi connectivity index (χ3v) is 6.37. The largest absolute Gasteiger partial charge is 0.490 e. The van der Waals surface area contributed by atoms with Crippen LogP contribution in [0.15, 0.2) is 76.6 Å². The average Bonchev–Trinajstić information content (AvgIpc) is 3.22. The zero-order valence-corrected chi connectivity index (χ0v) is 21.2. The second-order valence-electron chi connectivity index (χ2n) is 7.51. The Balaban J connectivity index is 1.54. The molecular formula is C27H23ClN2O5S. The Labute approximate surface area is 218 Å². The summed E-state index contributed by atoms with van der Waals surface area (Å²) in [6.07, 6.45) is 1.75. The third-order valence-electron chi connectivity index (χ3n) is 5.09. The number of esters is 1. The van der Waals surface area contributed by atoms with Gasteiger partial charge in [0.05, 0.1) is 29.9 Å². The van der Waals surface area contributed by atoms with Gasteiger partial charge >= 0.3 is 5.97 Å². The first-order valence-corrected chi connectivity index (χ1v) is 12.3. The van der Waals surface area contributed by atoms with Gasteiger partial charge in [-0.3, -0.25) is 4.79 Å². The van der Waals surface area contributed by atoms with Crippen LogP contribution in [0.25, 0.3) is 6.08 Å². The van der Waals surface area contributed by atoms with Gasteiger partial charge in [0.25, 0.3) is 5.91 Å². The SMILES string of the molecule is CCOc1cc(/C=C2\SC(=Nc3ccccc3C(=O)OC)NC2=O)ccc1OCc1ccccc1Cl. The Kier molecular flexibility index (Phi) is 8.30. The van der Waals surface area contributed by atoms with Crippen LogP contribution in [0.5, 0.6) is 11.5 Å². The van der Waals surface area contributed by atoms with Crippen molar-refractivity contribution < 1.29 is 23.8 Å². The van der Waals surface area contributed by atoms with Crippen molar-refractivity contribution in [3.8, 4) is 11.5 Å². The van der Waals surface area contributed by atoms with E-state index in [9.17, 15) is 9.59 Å². The van der Waals surface area contributed by atoms with Crippen molar-refractivity contribution in [2.45, 2.75) is 13.5 Å². The topological polar surface area (TPSA) is 86.2 Å². The number of carbonyl (C=O) groups is 2. The number of hydrogen-bond acceptors (Lipinski definition) is 7. The summed E-state index contributed by atoms with van der Waals surface area (Å²) in [5, 5.41) is 3.74. The molecule has 0 spiro atoms. The third kappa shape index (κ3) is 6.08. The highest BCUT2D eigenvalue weighted by molar-refractivity contribution is 8.18. The number of nitrogens with zero attached hydrogens (tertiary/aromatic N) is 1. The second-order valence-corrected chi connectivity index (χ2v) is 8.95. The smallest absolute Gasteiger partial charge is 0.340 e. The minimum Gasteiger partial charge on any atom is -0.490 e. The molecular weight excluding hydrogens is 500 g/mol. The molecule has 0 aromatic heterocycles. The van der Waals surface area contributed by atoms with Crippen LogP contribution in [0.3, 0.4) is 0 Å². The van der Waals surface area contributed by atoms with E-state index in [0.29, 0.717) is 51.1 Å². The van der Waals surface area contributed by atoms with Gasteiger partial charge in [0.15, 0.2) is 16.7 Å². The number of amidine groups is 1. The van der Waals surface area contributed by atoms with Crippen molar-refractivity contribution >= 4 is 52.2 Å². The normalized spacial score (nSPS) is 15.1. The highest BCUT2D eigenvalue weighted by atomic mass is 35.5. The summed E-state index contributed by atoms with van der Waals surface area (Å²) in [5.41, 5.74) is 2.35. The quantitative estimate of drug-likeness (QED) is 0.288. The summed E-state index contributed by atoms with van der Waals surface area (Å²) in [5.74, 6) is 0.346. The van der Waals surface area contributed by atoms with Gasteiger partial charge in [0.2, 0.25) is 0 Å². The number of halogens is 1. The van der Waals surface area contributed by atoms with Crippen molar-refractivity contribution in [3.05, 3.63) is 93.3 Å². The summed E-state index contributed by atoms with van der Waals surface area (Å²) >= 11 is 7.41. The van der Waals surface area contributed by atoms with E-state index in [0.717, 1.165) is 11.1 Å². The minimum atomic E-state index is -0.500. The average molecular weight is 523 g/mol. The van der Waals surface area contributed by atoms with E-state index in [2.05, 4.69) is 10.3 Å². The Hall–Kier alpha value is -3.75. The Morgan fingerprint density at radius 3 is 2.61 bits per heavy atom. The molecule has 36 heavy (non-hydrogen) atoms. The van der Waals surface area contributed by atoms with Crippen molar-refractivity contribution in [3.63, 3.8) is 0 Å². The lowest BCUT2D eigenvalue weighted by Gasteiger charge is -2.13. The van der Waals surface area contributed by atoms with Gasteiger partial charge in [-0.2, -0.15) is 0 Å². The molecule has 1 amide bonds. The van der Waals surface area contributed by atoms with Crippen LogP contribution in [-0.4, -0.2) is 30.8 Å². The van der Waals surface area contributed by atoms with Crippen LogP contribution in [0.1, 0.15) is 28.4 Å². The molecule has 1 N–H and O–H groups in total. The summed E-state index contributed by atoms with van der Waals surface area (Å²) < 4.78 is 16.5.